The van der Waals surface area contributed by atoms with E-state index in [1.165, 1.54) is 0 Å². The number of hydrogen-bond donors (Lipinski definition) is 1. The van der Waals surface area contributed by atoms with Gasteiger partial charge in [-0.25, -0.2) is 4.98 Å². The van der Waals surface area contributed by atoms with Gasteiger partial charge in [-0.2, -0.15) is 0 Å². The summed E-state index contributed by atoms with van der Waals surface area (Å²) < 4.78 is 1.68. The Balaban J connectivity index is 2.34. The summed E-state index contributed by atoms with van der Waals surface area (Å²) in [5.74, 6) is 0.449. The van der Waals surface area contributed by atoms with Gasteiger partial charge in [0, 0.05) is 37.6 Å². The van der Waals surface area contributed by atoms with Gasteiger partial charge in [0.2, 0.25) is 0 Å². The molecule has 6 heteroatoms. The highest BCUT2D eigenvalue weighted by molar-refractivity contribution is 5.39. The molecule has 1 fully saturated rings. The van der Waals surface area contributed by atoms with Crippen LogP contribution >= 0.6 is 0 Å². The normalized spacial score (nSPS) is 23.1. The molecule has 0 bridgehead atoms. The molecular formula is C14H24N4O2. The first-order valence-electron chi connectivity index (χ1n) is 7.06. The van der Waals surface area contributed by atoms with Crippen molar-refractivity contribution in [3.63, 3.8) is 0 Å². The predicted octanol–water partition coefficient (Wildman–Crippen LogP) is 0.325. The van der Waals surface area contributed by atoms with Crippen LogP contribution in [0, 0.1) is 0 Å². The second-order valence-electron chi connectivity index (χ2n) is 6.01. The Hall–Kier alpha value is -1.40. The zero-order chi connectivity index (χ0) is 14.9. The Morgan fingerprint density at radius 3 is 2.80 bits per heavy atom. The molecule has 1 saturated heterocycles. The second-order valence-corrected chi connectivity index (χ2v) is 6.01. The first kappa shape index (κ1) is 15.0. The van der Waals surface area contributed by atoms with Gasteiger partial charge in [0.05, 0.1) is 6.10 Å². The van der Waals surface area contributed by atoms with Crippen LogP contribution in [0.1, 0.15) is 26.3 Å². The number of aromatic nitrogens is 2. The molecule has 112 valence electrons. The van der Waals surface area contributed by atoms with Crippen LogP contribution in [0.5, 0.6) is 0 Å². The van der Waals surface area contributed by atoms with E-state index in [1.807, 2.05) is 32.8 Å². The molecule has 2 heterocycles. The SMILES string of the molecule is CC(C)n1ccnc(N2CC(O)CC2CN(C)C)c1=O. The zero-order valence-corrected chi connectivity index (χ0v) is 12.7. The molecule has 2 rings (SSSR count). The molecule has 0 amide bonds. The molecular weight excluding hydrogens is 256 g/mol. The summed E-state index contributed by atoms with van der Waals surface area (Å²) in [7, 11) is 3.99. The quantitative estimate of drug-likeness (QED) is 0.861. The molecule has 0 spiro atoms. The van der Waals surface area contributed by atoms with Gasteiger partial charge in [0.1, 0.15) is 0 Å². The van der Waals surface area contributed by atoms with Crippen LogP contribution in [0.2, 0.25) is 0 Å². The molecule has 1 aromatic heterocycles. The van der Waals surface area contributed by atoms with E-state index in [1.54, 1.807) is 17.0 Å². The number of rotatable bonds is 4. The lowest BCUT2D eigenvalue weighted by molar-refractivity contribution is 0.191. The predicted molar refractivity (Wildman–Crippen MR) is 79.2 cm³/mol. The maximum absolute atomic E-state index is 12.5. The largest absolute Gasteiger partial charge is 0.391 e. The topological polar surface area (TPSA) is 61.6 Å². The maximum atomic E-state index is 12.5. The summed E-state index contributed by atoms with van der Waals surface area (Å²) in [6.07, 6.45) is 3.66. The molecule has 2 unspecified atom stereocenters. The van der Waals surface area contributed by atoms with Gasteiger partial charge in [-0.1, -0.05) is 0 Å². The Labute approximate surface area is 119 Å². The Morgan fingerprint density at radius 2 is 2.20 bits per heavy atom. The minimum Gasteiger partial charge on any atom is -0.391 e. The van der Waals surface area contributed by atoms with Crippen molar-refractivity contribution in [3.8, 4) is 0 Å². The number of hydrogen-bond acceptors (Lipinski definition) is 5. The van der Waals surface area contributed by atoms with Gasteiger partial charge in [-0.05, 0) is 34.4 Å². The van der Waals surface area contributed by atoms with Crippen LogP contribution in [-0.2, 0) is 0 Å². The number of β-amino-alcohol motifs (C(OH)–C–C–N with tert-alkyl or cyclic N) is 1. The number of aliphatic hydroxyl groups is 1. The molecule has 20 heavy (non-hydrogen) atoms. The van der Waals surface area contributed by atoms with E-state index in [9.17, 15) is 9.90 Å². The van der Waals surface area contributed by atoms with Crippen LogP contribution in [-0.4, -0.2) is 58.9 Å². The fourth-order valence-electron chi connectivity index (χ4n) is 2.76. The van der Waals surface area contributed by atoms with Crippen molar-refractivity contribution in [3.05, 3.63) is 22.7 Å². The van der Waals surface area contributed by atoms with Crippen molar-refractivity contribution in [2.75, 3.05) is 32.1 Å². The molecule has 1 aliphatic heterocycles. The minimum absolute atomic E-state index is 0.0830. The van der Waals surface area contributed by atoms with Crippen molar-refractivity contribution in [1.82, 2.24) is 14.5 Å². The van der Waals surface area contributed by atoms with Crippen LogP contribution in [0.3, 0.4) is 0 Å². The maximum Gasteiger partial charge on any atom is 0.293 e. The van der Waals surface area contributed by atoms with Gasteiger partial charge < -0.3 is 19.5 Å². The zero-order valence-electron chi connectivity index (χ0n) is 12.7. The molecule has 6 nitrogen and oxygen atoms in total. The summed E-state index contributed by atoms with van der Waals surface area (Å²) in [5, 5.41) is 9.92. The van der Waals surface area contributed by atoms with E-state index in [0.717, 1.165) is 6.54 Å². The lowest BCUT2D eigenvalue weighted by Crippen LogP contribution is -2.42. The van der Waals surface area contributed by atoms with E-state index >= 15 is 0 Å². The highest BCUT2D eigenvalue weighted by atomic mass is 16.3. The molecule has 1 aromatic rings. The fraction of sp³-hybridized carbons (Fsp3) is 0.714. The molecule has 0 aromatic carbocycles. The van der Waals surface area contributed by atoms with Crippen molar-refractivity contribution in [2.45, 2.75) is 38.5 Å². The Morgan fingerprint density at radius 1 is 1.50 bits per heavy atom. The lowest BCUT2D eigenvalue weighted by Gasteiger charge is -2.27. The monoisotopic (exact) mass is 280 g/mol. The van der Waals surface area contributed by atoms with E-state index in [0.29, 0.717) is 18.8 Å². The summed E-state index contributed by atoms with van der Waals surface area (Å²) in [5.41, 5.74) is -0.0830. The lowest BCUT2D eigenvalue weighted by atomic mass is 10.2. The van der Waals surface area contributed by atoms with Gasteiger partial charge in [0.25, 0.3) is 5.56 Å². The number of anilines is 1. The van der Waals surface area contributed by atoms with Crippen LogP contribution in [0.4, 0.5) is 5.82 Å². The van der Waals surface area contributed by atoms with Crippen LogP contribution in [0.25, 0.3) is 0 Å². The van der Waals surface area contributed by atoms with E-state index in [-0.39, 0.29) is 17.6 Å². The summed E-state index contributed by atoms with van der Waals surface area (Å²) in [4.78, 5) is 20.8. The summed E-state index contributed by atoms with van der Waals surface area (Å²) in [6, 6.07) is 0.229. The average Bonchev–Trinajstić information content (AvgIpc) is 2.69. The third-order valence-corrected chi connectivity index (χ3v) is 3.65. The van der Waals surface area contributed by atoms with Crippen LogP contribution in [0.15, 0.2) is 17.2 Å². The minimum atomic E-state index is -0.395. The molecule has 0 aliphatic carbocycles. The van der Waals surface area contributed by atoms with E-state index < -0.39 is 6.10 Å². The number of nitrogens with zero attached hydrogens (tertiary/aromatic N) is 4. The number of likely N-dealkylation sites (N-methyl/N-ethyl adjacent to an activating group) is 1. The molecule has 0 saturated carbocycles. The van der Waals surface area contributed by atoms with Gasteiger partial charge in [-0.15, -0.1) is 0 Å². The first-order valence-corrected chi connectivity index (χ1v) is 7.06. The molecule has 2 atom stereocenters. The van der Waals surface area contributed by atoms with Crippen molar-refractivity contribution >= 4 is 5.82 Å². The smallest absolute Gasteiger partial charge is 0.293 e. The van der Waals surface area contributed by atoms with Crippen molar-refractivity contribution in [2.24, 2.45) is 0 Å². The van der Waals surface area contributed by atoms with E-state index in [4.69, 9.17) is 0 Å². The Kier molecular flexibility index (Phi) is 4.45. The average molecular weight is 280 g/mol. The van der Waals surface area contributed by atoms with Crippen LogP contribution < -0.4 is 10.5 Å². The van der Waals surface area contributed by atoms with Crippen molar-refractivity contribution < 1.29 is 5.11 Å². The third kappa shape index (κ3) is 3.02. The highest BCUT2D eigenvalue weighted by Gasteiger charge is 2.33. The molecule has 1 aliphatic rings. The summed E-state index contributed by atoms with van der Waals surface area (Å²) in [6.45, 7) is 5.22. The van der Waals surface area contributed by atoms with Gasteiger partial charge in [0.15, 0.2) is 5.82 Å². The molecule has 1 N–H and O–H groups in total. The second kappa shape index (κ2) is 5.93. The Bertz CT molecular complexity index is 512. The highest BCUT2D eigenvalue weighted by Crippen LogP contribution is 2.22. The first-order chi connectivity index (χ1) is 9.40. The third-order valence-electron chi connectivity index (χ3n) is 3.65. The number of aliphatic hydroxyl groups excluding tert-OH is 1. The summed E-state index contributed by atoms with van der Waals surface area (Å²) >= 11 is 0. The molecule has 0 radical (unpaired) electrons. The fourth-order valence-corrected chi connectivity index (χ4v) is 2.76. The van der Waals surface area contributed by atoms with Gasteiger partial charge >= 0.3 is 0 Å². The van der Waals surface area contributed by atoms with Gasteiger partial charge in [-0.3, -0.25) is 4.79 Å². The van der Waals surface area contributed by atoms with E-state index in [2.05, 4.69) is 9.88 Å². The standard InChI is InChI=1S/C14H24N4O2/c1-10(2)17-6-5-15-13(14(17)20)18-9-12(19)7-11(18)8-16(3)4/h5-6,10-12,19H,7-9H2,1-4H3. The van der Waals surface area contributed by atoms with Crippen molar-refractivity contribution in [1.29, 1.82) is 0 Å².